The maximum atomic E-state index is 13.4. The van der Waals surface area contributed by atoms with E-state index in [1.807, 2.05) is 55.5 Å². The van der Waals surface area contributed by atoms with Gasteiger partial charge < -0.3 is 24.4 Å². The molecule has 0 aromatic heterocycles. The summed E-state index contributed by atoms with van der Waals surface area (Å²) < 4.78 is 17.4. The molecule has 34 heavy (non-hydrogen) atoms. The molecule has 3 unspecified atom stereocenters. The second-order valence-electron chi connectivity index (χ2n) is 9.05. The molecule has 7 nitrogen and oxygen atoms in total. The Balaban J connectivity index is 1.30. The molecule has 2 aliphatic heterocycles. The van der Waals surface area contributed by atoms with Crippen molar-refractivity contribution in [1.29, 1.82) is 0 Å². The van der Waals surface area contributed by atoms with Crippen molar-refractivity contribution in [1.82, 2.24) is 10.2 Å². The van der Waals surface area contributed by atoms with Crippen LogP contribution in [0.15, 0.2) is 54.3 Å². The summed E-state index contributed by atoms with van der Waals surface area (Å²) in [6.07, 6.45) is 5.52. The van der Waals surface area contributed by atoms with Gasteiger partial charge in [0, 0.05) is 0 Å². The average Bonchev–Trinajstić information content (AvgIpc) is 2.87. The summed E-state index contributed by atoms with van der Waals surface area (Å²) in [5.41, 5.74) is 1.82. The van der Waals surface area contributed by atoms with E-state index in [0.717, 1.165) is 36.8 Å². The maximum Gasteiger partial charge on any atom is 0.289 e. The number of benzene rings is 2. The van der Waals surface area contributed by atoms with E-state index in [9.17, 15) is 9.59 Å². The quantitative estimate of drug-likeness (QED) is 0.683. The molecule has 0 spiro atoms. The molecular weight excluding hydrogens is 432 g/mol. The Morgan fingerprint density at radius 2 is 1.85 bits per heavy atom. The summed E-state index contributed by atoms with van der Waals surface area (Å²) in [6.45, 7) is 2.98. The lowest BCUT2D eigenvalue weighted by Gasteiger charge is -2.44. The SMILES string of the molecule is CC(NC(=O)CN1C(=O)/C(=C\c2ccccc2)OC2CCCCC21)c1ccc2c(c1)OCCO2. The Hall–Kier alpha value is -3.48. The molecular formula is C27H30N2O5. The number of hydrogen-bond acceptors (Lipinski definition) is 5. The van der Waals surface area contributed by atoms with Crippen LogP contribution in [-0.2, 0) is 14.3 Å². The monoisotopic (exact) mass is 462 g/mol. The summed E-state index contributed by atoms with van der Waals surface area (Å²) in [7, 11) is 0. The van der Waals surface area contributed by atoms with E-state index in [1.54, 1.807) is 11.0 Å². The van der Waals surface area contributed by atoms with Gasteiger partial charge in [0.25, 0.3) is 5.91 Å². The smallest absolute Gasteiger partial charge is 0.289 e. The van der Waals surface area contributed by atoms with Crippen LogP contribution in [0.2, 0.25) is 0 Å². The van der Waals surface area contributed by atoms with Gasteiger partial charge in [0.1, 0.15) is 25.9 Å². The van der Waals surface area contributed by atoms with E-state index in [-0.39, 0.29) is 36.5 Å². The fourth-order valence-electron chi connectivity index (χ4n) is 4.92. The number of ether oxygens (including phenoxy) is 3. The zero-order valence-corrected chi connectivity index (χ0v) is 19.4. The number of hydrogen-bond donors (Lipinski definition) is 1. The van der Waals surface area contributed by atoms with Crippen LogP contribution >= 0.6 is 0 Å². The number of rotatable bonds is 5. The van der Waals surface area contributed by atoms with Crippen molar-refractivity contribution in [3.63, 3.8) is 0 Å². The van der Waals surface area contributed by atoms with Crippen molar-refractivity contribution in [3.05, 3.63) is 65.4 Å². The van der Waals surface area contributed by atoms with Crippen molar-refractivity contribution >= 4 is 17.9 Å². The van der Waals surface area contributed by atoms with Gasteiger partial charge in [-0.1, -0.05) is 42.8 Å². The van der Waals surface area contributed by atoms with Crippen LogP contribution in [0.5, 0.6) is 11.5 Å². The van der Waals surface area contributed by atoms with Crippen molar-refractivity contribution < 1.29 is 23.8 Å². The summed E-state index contributed by atoms with van der Waals surface area (Å²) in [4.78, 5) is 28.1. The molecule has 1 aliphatic carbocycles. The lowest BCUT2D eigenvalue weighted by atomic mass is 9.89. The summed E-state index contributed by atoms with van der Waals surface area (Å²) >= 11 is 0. The molecule has 1 N–H and O–H groups in total. The molecule has 2 heterocycles. The zero-order valence-electron chi connectivity index (χ0n) is 19.4. The fraction of sp³-hybridized carbons (Fsp3) is 0.407. The van der Waals surface area contributed by atoms with E-state index in [4.69, 9.17) is 14.2 Å². The molecule has 178 valence electrons. The number of nitrogens with one attached hydrogen (secondary N) is 1. The minimum Gasteiger partial charge on any atom is -0.486 e. The highest BCUT2D eigenvalue weighted by Gasteiger charge is 2.42. The topological polar surface area (TPSA) is 77.1 Å². The predicted molar refractivity (Wildman–Crippen MR) is 127 cm³/mol. The Bertz CT molecular complexity index is 1080. The van der Waals surface area contributed by atoms with Gasteiger partial charge in [-0.15, -0.1) is 0 Å². The second kappa shape index (κ2) is 9.79. The molecule has 5 rings (SSSR count). The molecule has 3 atom stereocenters. The maximum absolute atomic E-state index is 13.4. The number of amides is 2. The lowest BCUT2D eigenvalue weighted by molar-refractivity contribution is -0.152. The first-order chi connectivity index (χ1) is 16.6. The number of carbonyl (C=O) groups is 2. The normalized spacial score (nSPS) is 23.6. The third-order valence-corrected chi connectivity index (χ3v) is 6.67. The van der Waals surface area contributed by atoms with Gasteiger partial charge in [-0.25, -0.2) is 0 Å². The fourth-order valence-corrected chi connectivity index (χ4v) is 4.92. The summed E-state index contributed by atoms with van der Waals surface area (Å²) in [5, 5.41) is 3.04. The lowest BCUT2D eigenvalue weighted by Crippen LogP contribution is -2.57. The second-order valence-corrected chi connectivity index (χ2v) is 9.05. The number of carbonyl (C=O) groups excluding carboxylic acids is 2. The van der Waals surface area contributed by atoms with Crippen molar-refractivity contribution in [2.75, 3.05) is 19.8 Å². The highest BCUT2D eigenvalue weighted by molar-refractivity contribution is 5.98. The van der Waals surface area contributed by atoms with Gasteiger partial charge in [-0.3, -0.25) is 9.59 Å². The third-order valence-electron chi connectivity index (χ3n) is 6.67. The highest BCUT2D eigenvalue weighted by atomic mass is 16.6. The molecule has 3 aliphatic rings. The molecule has 2 amide bonds. The van der Waals surface area contributed by atoms with Crippen LogP contribution in [0.4, 0.5) is 0 Å². The van der Waals surface area contributed by atoms with E-state index < -0.39 is 0 Å². The van der Waals surface area contributed by atoms with E-state index in [1.165, 1.54) is 0 Å². The molecule has 7 heteroatoms. The molecule has 1 saturated heterocycles. The summed E-state index contributed by atoms with van der Waals surface area (Å²) in [6, 6.07) is 15.0. The van der Waals surface area contributed by atoms with Crippen LogP contribution in [0.1, 0.15) is 49.8 Å². The first-order valence-electron chi connectivity index (χ1n) is 12.0. The molecule has 2 fully saturated rings. The number of fused-ring (bicyclic) bond motifs is 2. The van der Waals surface area contributed by atoms with Crippen LogP contribution in [-0.4, -0.2) is 48.6 Å². The predicted octanol–water partition coefficient (Wildman–Crippen LogP) is 3.85. The van der Waals surface area contributed by atoms with Gasteiger partial charge in [0.05, 0.1) is 12.1 Å². The number of morpholine rings is 1. The van der Waals surface area contributed by atoms with Crippen LogP contribution in [0, 0.1) is 0 Å². The largest absolute Gasteiger partial charge is 0.486 e. The van der Waals surface area contributed by atoms with Gasteiger partial charge in [0.15, 0.2) is 17.3 Å². The minimum absolute atomic E-state index is 0.00435. The summed E-state index contributed by atoms with van der Waals surface area (Å²) in [5.74, 6) is 1.29. The van der Waals surface area contributed by atoms with Crippen molar-refractivity contribution in [3.8, 4) is 11.5 Å². The molecule has 0 bridgehead atoms. The van der Waals surface area contributed by atoms with Crippen LogP contribution in [0.25, 0.3) is 6.08 Å². The van der Waals surface area contributed by atoms with Gasteiger partial charge >= 0.3 is 0 Å². The van der Waals surface area contributed by atoms with Gasteiger partial charge in [0.2, 0.25) is 5.91 Å². The highest BCUT2D eigenvalue weighted by Crippen LogP contribution is 2.34. The van der Waals surface area contributed by atoms with Crippen LogP contribution < -0.4 is 14.8 Å². The van der Waals surface area contributed by atoms with Crippen molar-refractivity contribution in [2.24, 2.45) is 0 Å². The minimum atomic E-state index is -0.235. The van der Waals surface area contributed by atoms with E-state index in [2.05, 4.69) is 5.32 Å². The van der Waals surface area contributed by atoms with Gasteiger partial charge in [-0.05, 0) is 55.5 Å². The standard InChI is InChI=1S/C27H30N2O5/c1-18(20-11-12-23-24(16-20)33-14-13-32-23)28-26(30)17-29-21-9-5-6-10-22(21)34-25(27(29)31)15-19-7-3-2-4-8-19/h2-4,7-8,11-12,15-16,18,21-22H,5-6,9-10,13-14,17H2,1H3,(H,28,30)/b25-15+. The first kappa shape index (κ1) is 22.3. The Labute approximate surface area is 199 Å². The average molecular weight is 463 g/mol. The molecule has 2 aromatic rings. The Morgan fingerprint density at radius 3 is 2.68 bits per heavy atom. The number of nitrogens with zero attached hydrogens (tertiary/aromatic N) is 1. The Morgan fingerprint density at radius 1 is 1.09 bits per heavy atom. The molecule has 1 saturated carbocycles. The zero-order chi connectivity index (χ0) is 23.5. The molecule has 2 aromatic carbocycles. The first-order valence-corrected chi connectivity index (χ1v) is 12.0. The van der Waals surface area contributed by atoms with Crippen molar-refractivity contribution in [2.45, 2.75) is 50.8 Å². The van der Waals surface area contributed by atoms with Gasteiger partial charge in [-0.2, -0.15) is 0 Å². The Kier molecular flexibility index (Phi) is 6.43. The third kappa shape index (κ3) is 4.74. The molecule has 0 radical (unpaired) electrons. The van der Waals surface area contributed by atoms with Crippen LogP contribution in [0.3, 0.4) is 0 Å². The van der Waals surface area contributed by atoms with E-state index in [0.29, 0.717) is 30.5 Å². The van der Waals surface area contributed by atoms with E-state index >= 15 is 0 Å².